The molecule has 0 radical (unpaired) electrons. The normalized spacial score (nSPS) is 15.0. The van der Waals surface area contributed by atoms with Gasteiger partial charge >= 0.3 is 5.97 Å². The Morgan fingerprint density at radius 3 is 2.64 bits per heavy atom. The van der Waals surface area contributed by atoms with E-state index in [2.05, 4.69) is 16.7 Å². The van der Waals surface area contributed by atoms with Gasteiger partial charge in [0.25, 0.3) is 11.8 Å². The molecule has 1 atom stereocenters. The van der Waals surface area contributed by atoms with Gasteiger partial charge < -0.3 is 19.8 Å². The third kappa shape index (κ3) is 4.38. The Bertz CT molecular complexity index is 928. The second kappa shape index (κ2) is 7.96. The number of anilines is 1. The maximum absolute atomic E-state index is 12.4. The van der Waals surface area contributed by atoms with Gasteiger partial charge in [0.15, 0.2) is 12.4 Å². The molecule has 1 fully saturated rings. The lowest BCUT2D eigenvalue weighted by atomic mass is 9.98. The summed E-state index contributed by atoms with van der Waals surface area (Å²) in [4.78, 5) is 36.6. The predicted molar refractivity (Wildman–Crippen MR) is 98.3 cm³/mol. The number of nitrogens with one attached hydrogen (secondary N) is 2. The molecular weight excluding hydrogens is 362 g/mol. The maximum atomic E-state index is 12.4. The number of esters is 1. The summed E-state index contributed by atoms with van der Waals surface area (Å²) >= 11 is 0. The first-order valence-corrected chi connectivity index (χ1v) is 8.76. The quantitative estimate of drug-likeness (QED) is 0.711. The van der Waals surface area contributed by atoms with E-state index in [4.69, 9.17) is 9.15 Å². The minimum Gasteiger partial charge on any atom is -0.459 e. The zero-order valence-electron chi connectivity index (χ0n) is 15.2. The number of nitrogens with zero attached hydrogens (tertiary/aromatic N) is 1. The summed E-state index contributed by atoms with van der Waals surface area (Å²) in [7, 11) is 0. The predicted octanol–water partition coefficient (Wildman–Crippen LogP) is 2.50. The van der Waals surface area contributed by atoms with Crippen LogP contribution in [0.25, 0.3) is 0 Å². The summed E-state index contributed by atoms with van der Waals surface area (Å²) in [6.45, 7) is 1.13. The van der Waals surface area contributed by atoms with Gasteiger partial charge in [0.1, 0.15) is 5.54 Å². The van der Waals surface area contributed by atoms with Crippen molar-refractivity contribution in [2.75, 3.05) is 11.9 Å². The van der Waals surface area contributed by atoms with Gasteiger partial charge in [-0.2, -0.15) is 5.26 Å². The Morgan fingerprint density at radius 1 is 1.25 bits per heavy atom. The zero-order valence-corrected chi connectivity index (χ0v) is 15.2. The number of rotatable bonds is 7. The van der Waals surface area contributed by atoms with E-state index in [1.807, 2.05) is 0 Å². The molecular formula is C20H19N3O5. The molecule has 1 aliphatic rings. The maximum Gasteiger partial charge on any atom is 0.340 e. The number of para-hydroxylation sites is 1. The van der Waals surface area contributed by atoms with Gasteiger partial charge in [-0.15, -0.1) is 0 Å². The standard InChI is InChI=1S/C20H19N3O5/c1-20(12-21,13-8-9-13)23-17(24)11-28-19(26)14-5-2-3-6-15(14)22-18(25)16-7-4-10-27-16/h2-7,10,13H,8-9,11H2,1H3,(H,22,25)(H,23,24)/t20-/m1/s1. The van der Waals surface area contributed by atoms with Crippen molar-refractivity contribution in [2.24, 2.45) is 5.92 Å². The Labute approximate surface area is 161 Å². The average Bonchev–Trinajstić information content (AvgIpc) is 3.41. The highest BCUT2D eigenvalue weighted by Crippen LogP contribution is 2.39. The van der Waals surface area contributed by atoms with Gasteiger partial charge in [-0.1, -0.05) is 12.1 Å². The molecule has 0 unspecified atom stereocenters. The van der Waals surface area contributed by atoms with Crippen molar-refractivity contribution in [2.45, 2.75) is 25.3 Å². The summed E-state index contributed by atoms with van der Waals surface area (Å²) in [5.41, 5.74) is -0.632. The molecule has 1 aromatic carbocycles. The lowest BCUT2D eigenvalue weighted by Gasteiger charge is -2.22. The summed E-state index contributed by atoms with van der Waals surface area (Å²) in [5.74, 6) is -1.62. The molecule has 1 saturated carbocycles. The molecule has 2 aromatic rings. The van der Waals surface area contributed by atoms with Crippen LogP contribution in [0.5, 0.6) is 0 Å². The highest BCUT2D eigenvalue weighted by atomic mass is 16.5. The molecule has 8 nitrogen and oxygen atoms in total. The molecule has 0 bridgehead atoms. The van der Waals surface area contributed by atoms with Crippen molar-refractivity contribution < 1.29 is 23.5 Å². The van der Waals surface area contributed by atoms with Crippen LogP contribution in [0, 0.1) is 17.2 Å². The summed E-state index contributed by atoms with van der Waals surface area (Å²) in [6, 6.07) is 11.4. The SMILES string of the molecule is C[C@](C#N)(NC(=O)COC(=O)c1ccccc1NC(=O)c1ccco1)C1CC1. The van der Waals surface area contributed by atoms with Crippen LogP contribution in [0.3, 0.4) is 0 Å². The number of hydrogen-bond donors (Lipinski definition) is 2. The number of amides is 2. The van der Waals surface area contributed by atoms with Crippen molar-refractivity contribution in [1.29, 1.82) is 5.26 Å². The van der Waals surface area contributed by atoms with Gasteiger partial charge in [-0.3, -0.25) is 9.59 Å². The Kier molecular flexibility index (Phi) is 5.45. The summed E-state index contributed by atoms with van der Waals surface area (Å²) in [5, 5.41) is 14.5. The zero-order chi connectivity index (χ0) is 20.1. The van der Waals surface area contributed by atoms with Crippen LogP contribution in [0.2, 0.25) is 0 Å². The number of hydrogen-bond acceptors (Lipinski definition) is 6. The first-order chi connectivity index (χ1) is 13.4. The number of nitriles is 1. The third-order valence-corrected chi connectivity index (χ3v) is 4.50. The van der Waals surface area contributed by atoms with Crippen LogP contribution in [-0.4, -0.2) is 29.9 Å². The van der Waals surface area contributed by atoms with Crippen LogP contribution in [0.4, 0.5) is 5.69 Å². The summed E-state index contributed by atoms with van der Waals surface area (Å²) < 4.78 is 10.1. The number of carbonyl (C=O) groups excluding carboxylic acids is 3. The highest BCUT2D eigenvalue weighted by molar-refractivity contribution is 6.06. The van der Waals surface area contributed by atoms with Crippen molar-refractivity contribution in [1.82, 2.24) is 5.32 Å². The molecule has 1 heterocycles. The molecule has 0 saturated heterocycles. The molecule has 8 heteroatoms. The van der Waals surface area contributed by atoms with E-state index in [0.29, 0.717) is 0 Å². The van der Waals surface area contributed by atoms with Gasteiger partial charge in [-0.05, 0) is 49.9 Å². The van der Waals surface area contributed by atoms with Crippen LogP contribution >= 0.6 is 0 Å². The first-order valence-electron chi connectivity index (χ1n) is 8.76. The number of carbonyl (C=O) groups is 3. The number of furan rings is 1. The molecule has 1 aromatic heterocycles. The van der Waals surface area contributed by atoms with Crippen LogP contribution in [-0.2, 0) is 9.53 Å². The fraction of sp³-hybridized carbons (Fsp3) is 0.300. The molecule has 0 spiro atoms. The van der Waals surface area contributed by atoms with Crippen LogP contribution < -0.4 is 10.6 Å². The first kappa shape index (κ1) is 19.2. The van der Waals surface area contributed by atoms with Crippen molar-refractivity contribution in [3.63, 3.8) is 0 Å². The van der Waals surface area contributed by atoms with Crippen molar-refractivity contribution >= 4 is 23.5 Å². The topological polar surface area (TPSA) is 121 Å². The van der Waals surface area contributed by atoms with Gasteiger partial charge in [0.05, 0.1) is 23.6 Å². The lowest BCUT2D eigenvalue weighted by Crippen LogP contribution is -2.48. The third-order valence-electron chi connectivity index (χ3n) is 4.50. The number of ether oxygens (including phenoxy) is 1. The largest absolute Gasteiger partial charge is 0.459 e. The van der Waals surface area contributed by atoms with Crippen molar-refractivity contribution in [3.8, 4) is 6.07 Å². The molecule has 3 rings (SSSR count). The molecule has 28 heavy (non-hydrogen) atoms. The van der Waals surface area contributed by atoms with E-state index < -0.39 is 29.9 Å². The van der Waals surface area contributed by atoms with E-state index in [1.54, 1.807) is 25.1 Å². The van der Waals surface area contributed by atoms with Gasteiger partial charge in [0.2, 0.25) is 0 Å². The van der Waals surface area contributed by atoms with E-state index >= 15 is 0 Å². The molecule has 2 amide bonds. The van der Waals surface area contributed by atoms with Crippen LogP contribution in [0.15, 0.2) is 47.1 Å². The monoisotopic (exact) mass is 381 g/mol. The van der Waals surface area contributed by atoms with Gasteiger partial charge in [-0.25, -0.2) is 4.79 Å². The lowest BCUT2D eigenvalue weighted by molar-refractivity contribution is -0.125. The molecule has 144 valence electrons. The highest BCUT2D eigenvalue weighted by Gasteiger charge is 2.43. The van der Waals surface area contributed by atoms with E-state index in [-0.39, 0.29) is 22.9 Å². The second-order valence-corrected chi connectivity index (χ2v) is 6.69. The molecule has 1 aliphatic carbocycles. The molecule has 0 aliphatic heterocycles. The second-order valence-electron chi connectivity index (χ2n) is 6.69. The van der Waals surface area contributed by atoms with E-state index in [1.165, 1.54) is 24.5 Å². The number of benzene rings is 1. The summed E-state index contributed by atoms with van der Waals surface area (Å²) in [6.07, 6.45) is 3.13. The average molecular weight is 381 g/mol. The Balaban J connectivity index is 1.61. The van der Waals surface area contributed by atoms with Crippen molar-refractivity contribution in [3.05, 3.63) is 54.0 Å². The Morgan fingerprint density at radius 2 is 2.00 bits per heavy atom. The van der Waals surface area contributed by atoms with E-state index in [0.717, 1.165) is 12.8 Å². The van der Waals surface area contributed by atoms with Crippen LogP contribution in [0.1, 0.15) is 40.7 Å². The fourth-order valence-electron chi connectivity index (χ4n) is 2.78. The van der Waals surface area contributed by atoms with E-state index in [9.17, 15) is 19.6 Å². The van der Waals surface area contributed by atoms with Gasteiger partial charge in [0, 0.05) is 0 Å². The molecule has 2 N–H and O–H groups in total. The smallest absolute Gasteiger partial charge is 0.340 e. The minimum absolute atomic E-state index is 0.0958. The fourth-order valence-corrected chi connectivity index (χ4v) is 2.78. The Hall–Kier alpha value is -3.60. The minimum atomic E-state index is -0.960.